The van der Waals surface area contributed by atoms with Gasteiger partial charge in [-0.1, -0.05) is 6.92 Å². The Morgan fingerprint density at radius 2 is 2.00 bits per heavy atom. The van der Waals surface area contributed by atoms with Crippen molar-refractivity contribution in [3.63, 3.8) is 0 Å². The van der Waals surface area contributed by atoms with Gasteiger partial charge in [-0.2, -0.15) is 0 Å². The summed E-state index contributed by atoms with van der Waals surface area (Å²) >= 11 is 0. The first kappa shape index (κ1) is 15.9. The fourth-order valence-electron chi connectivity index (χ4n) is 1.64. The number of ether oxygens (including phenoxy) is 1. The third-order valence-corrected chi connectivity index (χ3v) is 3.93. The molecule has 0 aliphatic rings. The summed E-state index contributed by atoms with van der Waals surface area (Å²) in [6, 6.07) is 4.80. The van der Waals surface area contributed by atoms with Crippen LogP contribution in [-0.4, -0.2) is 28.2 Å². The predicted molar refractivity (Wildman–Crippen MR) is 76.5 cm³/mol. The molecule has 0 aromatic heterocycles. The fraction of sp³-hybridized carbons (Fsp3) is 0.538. The average molecular weight is 286 g/mol. The summed E-state index contributed by atoms with van der Waals surface area (Å²) in [4.78, 5) is 0.208. The van der Waals surface area contributed by atoms with Gasteiger partial charge in [-0.15, -0.1) is 0 Å². The molecule has 1 rings (SSSR count). The van der Waals surface area contributed by atoms with E-state index in [0.717, 1.165) is 12.0 Å². The number of benzene rings is 1. The molecule has 3 N–H and O–H groups in total. The highest BCUT2D eigenvalue weighted by Crippen LogP contribution is 2.15. The number of nitrogens with two attached hydrogens (primary N) is 1. The summed E-state index contributed by atoms with van der Waals surface area (Å²) in [6.07, 6.45) is 1.62. The van der Waals surface area contributed by atoms with E-state index >= 15 is 0 Å². The molecule has 19 heavy (non-hydrogen) atoms. The molecular formula is C13H22N2O3S. The third-order valence-electron chi connectivity index (χ3n) is 2.49. The van der Waals surface area contributed by atoms with Crippen LogP contribution >= 0.6 is 0 Å². The summed E-state index contributed by atoms with van der Waals surface area (Å²) in [5, 5.41) is 0. The predicted octanol–water partition coefficient (Wildman–Crippen LogP) is 1.67. The van der Waals surface area contributed by atoms with E-state index in [1.165, 1.54) is 6.07 Å². The number of nitrogen functional groups attached to an aromatic ring is 1. The monoisotopic (exact) mass is 286 g/mol. The van der Waals surface area contributed by atoms with E-state index in [1.54, 1.807) is 12.1 Å². The molecule has 108 valence electrons. The van der Waals surface area contributed by atoms with Crippen LogP contribution in [0.3, 0.4) is 0 Å². The van der Waals surface area contributed by atoms with Crippen molar-refractivity contribution in [3.05, 3.63) is 23.8 Å². The van der Waals surface area contributed by atoms with Crippen molar-refractivity contribution in [1.82, 2.24) is 4.72 Å². The van der Waals surface area contributed by atoms with Crippen LogP contribution in [0.25, 0.3) is 0 Å². The van der Waals surface area contributed by atoms with Gasteiger partial charge in [-0.05, 0) is 43.5 Å². The first-order valence-electron chi connectivity index (χ1n) is 6.40. The quantitative estimate of drug-likeness (QED) is 0.562. The summed E-state index contributed by atoms with van der Waals surface area (Å²) < 4.78 is 31.9. The van der Waals surface area contributed by atoms with Crippen molar-refractivity contribution in [3.8, 4) is 0 Å². The standard InChI is InChI=1S/C13H22N2O3S/c1-3-6-18-7-4-5-15-19(16,17)13-9-11(2)8-12(14)10-13/h8-10,15H,3-7,14H2,1-2H3. The third kappa shape index (κ3) is 5.59. The molecule has 0 saturated heterocycles. The molecule has 0 heterocycles. The highest BCUT2D eigenvalue weighted by Gasteiger charge is 2.13. The lowest BCUT2D eigenvalue weighted by molar-refractivity contribution is 0.133. The molecule has 0 spiro atoms. The van der Waals surface area contributed by atoms with E-state index in [0.29, 0.717) is 31.9 Å². The van der Waals surface area contributed by atoms with Crippen molar-refractivity contribution in [2.24, 2.45) is 0 Å². The second-order valence-electron chi connectivity index (χ2n) is 4.44. The molecule has 0 atom stereocenters. The molecular weight excluding hydrogens is 264 g/mol. The molecule has 0 fully saturated rings. The van der Waals surface area contributed by atoms with Gasteiger partial charge < -0.3 is 10.5 Å². The molecule has 0 aliphatic heterocycles. The topological polar surface area (TPSA) is 81.4 Å². The molecule has 6 heteroatoms. The zero-order chi connectivity index (χ0) is 14.3. The SMILES string of the molecule is CCCOCCCNS(=O)(=O)c1cc(C)cc(N)c1. The van der Waals surface area contributed by atoms with Gasteiger partial charge in [0, 0.05) is 25.4 Å². The largest absolute Gasteiger partial charge is 0.399 e. The number of nitrogens with one attached hydrogen (secondary N) is 1. The minimum absolute atomic E-state index is 0.208. The molecule has 5 nitrogen and oxygen atoms in total. The molecule has 0 bridgehead atoms. The van der Waals surface area contributed by atoms with E-state index in [-0.39, 0.29) is 4.90 Å². The van der Waals surface area contributed by atoms with Gasteiger partial charge in [0.25, 0.3) is 0 Å². The van der Waals surface area contributed by atoms with Crippen molar-refractivity contribution >= 4 is 15.7 Å². The smallest absolute Gasteiger partial charge is 0.240 e. The zero-order valence-corrected chi connectivity index (χ0v) is 12.3. The van der Waals surface area contributed by atoms with Crippen LogP contribution in [0.2, 0.25) is 0 Å². The lowest BCUT2D eigenvalue weighted by Gasteiger charge is -2.08. The minimum atomic E-state index is -3.48. The normalized spacial score (nSPS) is 11.7. The molecule has 0 amide bonds. The van der Waals surface area contributed by atoms with Crippen molar-refractivity contribution in [2.45, 2.75) is 31.6 Å². The van der Waals surface area contributed by atoms with Crippen molar-refractivity contribution in [2.75, 3.05) is 25.5 Å². The number of anilines is 1. The minimum Gasteiger partial charge on any atom is -0.399 e. The van der Waals surface area contributed by atoms with Crippen LogP contribution in [0, 0.1) is 6.92 Å². The van der Waals surface area contributed by atoms with Gasteiger partial charge in [-0.3, -0.25) is 0 Å². The lowest BCUT2D eigenvalue weighted by Crippen LogP contribution is -2.25. The van der Waals surface area contributed by atoms with E-state index in [9.17, 15) is 8.42 Å². The van der Waals surface area contributed by atoms with E-state index in [2.05, 4.69) is 4.72 Å². The molecule has 1 aromatic carbocycles. The van der Waals surface area contributed by atoms with Crippen molar-refractivity contribution < 1.29 is 13.2 Å². The first-order chi connectivity index (χ1) is 8.95. The van der Waals surface area contributed by atoms with Gasteiger partial charge >= 0.3 is 0 Å². The number of aryl methyl sites for hydroxylation is 1. The van der Waals surface area contributed by atoms with Crippen LogP contribution in [-0.2, 0) is 14.8 Å². The van der Waals surface area contributed by atoms with E-state index in [4.69, 9.17) is 10.5 Å². The Kier molecular flexibility index (Phi) is 6.27. The Morgan fingerprint density at radius 1 is 1.26 bits per heavy atom. The molecule has 0 saturated carbocycles. The summed E-state index contributed by atoms with van der Waals surface area (Å²) in [7, 11) is -3.48. The summed E-state index contributed by atoms with van der Waals surface area (Å²) in [5.41, 5.74) is 6.93. The molecule has 0 aliphatic carbocycles. The Hall–Kier alpha value is -1.11. The van der Waals surface area contributed by atoms with Crippen LogP contribution in [0.15, 0.2) is 23.1 Å². The van der Waals surface area contributed by atoms with Gasteiger partial charge in [0.05, 0.1) is 4.90 Å². The molecule has 1 aromatic rings. The van der Waals surface area contributed by atoms with Crippen LogP contribution in [0.1, 0.15) is 25.3 Å². The van der Waals surface area contributed by atoms with Crippen LogP contribution < -0.4 is 10.5 Å². The highest BCUT2D eigenvalue weighted by molar-refractivity contribution is 7.89. The zero-order valence-electron chi connectivity index (χ0n) is 11.5. The summed E-state index contributed by atoms with van der Waals surface area (Å²) in [5.74, 6) is 0. The molecule has 0 radical (unpaired) electrons. The first-order valence-corrected chi connectivity index (χ1v) is 7.88. The van der Waals surface area contributed by atoms with Gasteiger partial charge in [0.1, 0.15) is 0 Å². The Labute approximate surface area is 115 Å². The lowest BCUT2D eigenvalue weighted by atomic mass is 10.2. The maximum absolute atomic E-state index is 12.0. The highest BCUT2D eigenvalue weighted by atomic mass is 32.2. The number of rotatable bonds is 8. The number of hydrogen-bond acceptors (Lipinski definition) is 4. The van der Waals surface area contributed by atoms with Gasteiger partial charge in [0.2, 0.25) is 10.0 Å². The maximum Gasteiger partial charge on any atom is 0.240 e. The van der Waals surface area contributed by atoms with E-state index in [1.807, 2.05) is 13.8 Å². The number of sulfonamides is 1. The second kappa shape index (κ2) is 7.47. The Balaban J connectivity index is 2.51. The van der Waals surface area contributed by atoms with Gasteiger partial charge in [0.15, 0.2) is 0 Å². The number of hydrogen-bond donors (Lipinski definition) is 2. The Morgan fingerprint density at radius 3 is 2.63 bits per heavy atom. The van der Waals surface area contributed by atoms with Crippen molar-refractivity contribution in [1.29, 1.82) is 0 Å². The maximum atomic E-state index is 12.0. The molecule has 0 unspecified atom stereocenters. The van der Waals surface area contributed by atoms with E-state index < -0.39 is 10.0 Å². The fourth-order valence-corrected chi connectivity index (χ4v) is 2.85. The van der Waals surface area contributed by atoms with Crippen LogP contribution in [0.5, 0.6) is 0 Å². The average Bonchev–Trinajstić information content (AvgIpc) is 2.32. The summed E-state index contributed by atoms with van der Waals surface area (Å²) in [6.45, 7) is 5.48. The Bertz CT molecular complexity index is 480. The van der Waals surface area contributed by atoms with Crippen LogP contribution in [0.4, 0.5) is 5.69 Å². The second-order valence-corrected chi connectivity index (χ2v) is 6.21. The van der Waals surface area contributed by atoms with Gasteiger partial charge in [-0.25, -0.2) is 13.1 Å².